The molecule has 2 aliphatic rings. The molecule has 0 aromatic heterocycles. The maximum absolute atomic E-state index is 13.6. The summed E-state index contributed by atoms with van der Waals surface area (Å²) in [4.78, 5) is 0. The molecule has 3 unspecified atom stereocenters. The lowest BCUT2D eigenvalue weighted by molar-refractivity contribution is 0.0326. The summed E-state index contributed by atoms with van der Waals surface area (Å²) < 4.78 is 20.0. The lowest BCUT2D eigenvalue weighted by Crippen LogP contribution is -2.42. The van der Waals surface area contributed by atoms with Crippen LogP contribution in [0.5, 0.6) is 5.75 Å². The molecule has 1 N–H and O–H groups in total. The molecule has 3 atom stereocenters. The maximum Gasteiger partial charge on any atom is 0.125 e. The van der Waals surface area contributed by atoms with Crippen molar-refractivity contribution in [3.8, 4) is 5.75 Å². The number of halogens is 1. The zero-order valence-corrected chi connectivity index (χ0v) is 13.1. The molecule has 0 saturated heterocycles. The standard InChI is InChI=1S/C18H26FNO/c1-3-9-20-16-12-18(8-7-13(4-2)11-18)21-17-6-5-14(19)10-15(16)17/h5-6,10,13,16,20H,3-4,7-9,11-12H2,1-2H3. The van der Waals surface area contributed by atoms with Crippen LogP contribution in [-0.2, 0) is 0 Å². The van der Waals surface area contributed by atoms with Crippen molar-refractivity contribution >= 4 is 0 Å². The zero-order valence-electron chi connectivity index (χ0n) is 13.1. The molecule has 0 bridgehead atoms. The Labute approximate surface area is 127 Å². The summed E-state index contributed by atoms with van der Waals surface area (Å²) in [7, 11) is 0. The lowest BCUT2D eigenvalue weighted by atomic mass is 9.85. The highest BCUT2D eigenvalue weighted by Gasteiger charge is 2.45. The summed E-state index contributed by atoms with van der Waals surface area (Å²) in [6.45, 7) is 5.40. The minimum absolute atomic E-state index is 0.0308. The van der Waals surface area contributed by atoms with E-state index in [2.05, 4.69) is 19.2 Å². The average molecular weight is 291 g/mol. The first-order valence-corrected chi connectivity index (χ1v) is 8.37. The number of hydrogen-bond donors (Lipinski definition) is 1. The number of rotatable bonds is 4. The number of nitrogens with one attached hydrogen (secondary N) is 1. The van der Waals surface area contributed by atoms with Gasteiger partial charge in [-0.25, -0.2) is 4.39 Å². The van der Waals surface area contributed by atoms with Gasteiger partial charge in [0, 0.05) is 18.0 Å². The van der Waals surface area contributed by atoms with Crippen molar-refractivity contribution in [3.63, 3.8) is 0 Å². The topological polar surface area (TPSA) is 21.3 Å². The van der Waals surface area contributed by atoms with Gasteiger partial charge in [0.2, 0.25) is 0 Å². The van der Waals surface area contributed by atoms with Gasteiger partial charge >= 0.3 is 0 Å². The third kappa shape index (κ3) is 2.94. The van der Waals surface area contributed by atoms with Crippen LogP contribution >= 0.6 is 0 Å². The van der Waals surface area contributed by atoms with Crippen LogP contribution in [0, 0.1) is 11.7 Å². The highest BCUT2D eigenvalue weighted by Crippen LogP contribution is 2.49. The monoisotopic (exact) mass is 291 g/mol. The van der Waals surface area contributed by atoms with Crippen LogP contribution in [0.15, 0.2) is 18.2 Å². The molecule has 1 aliphatic carbocycles. The van der Waals surface area contributed by atoms with Crippen molar-refractivity contribution in [2.24, 2.45) is 5.92 Å². The van der Waals surface area contributed by atoms with E-state index in [1.807, 2.05) is 6.07 Å². The second-order valence-corrected chi connectivity index (χ2v) is 6.70. The summed E-state index contributed by atoms with van der Waals surface area (Å²) in [5.41, 5.74) is 0.964. The lowest BCUT2D eigenvalue weighted by Gasteiger charge is -2.40. The van der Waals surface area contributed by atoms with E-state index >= 15 is 0 Å². The predicted molar refractivity (Wildman–Crippen MR) is 83.0 cm³/mol. The van der Waals surface area contributed by atoms with Gasteiger partial charge in [-0.2, -0.15) is 0 Å². The molecule has 1 aromatic rings. The zero-order chi connectivity index (χ0) is 14.9. The Morgan fingerprint density at radius 3 is 2.90 bits per heavy atom. The fourth-order valence-electron chi connectivity index (χ4n) is 3.97. The van der Waals surface area contributed by atoms with Crippen LogP contribution in [0.4, 0.5) is 4.39 Å². The van der Waals surface area contributed by atoms with Gasteiger partial charge in [-0.1, -0.05) is 20.3 Å². The Morgan fingerprint density at radius 1 is 1.33 bits per heavy atom. The third-order valence-corrected chi connectivity index (χ3v) is 5.14. The molecule has 0 amide bonds. The molecule has 2 nitrogen and oxygen atoms in total. The van der Waals surface area contributed by atoms with Crippen LogP contribution in [0.1, 0.15) is 64.0 Å². The van der Waals surface area contributed by atoms with Crippen LogP contribution in [0.3, 0.4) is 0 Å². The molecule has 1 fully saturated rings. The highest BCUT2D eigenvalue weighted by atomic mass is 19.1. The van der Waals surface area contributed by atoms with Crippen molar-refractivity contribution in [1.29, 1.82) is 0 Å². The van der Waals surface area contributed by atoms with Crippen LogP contribution < -0.4 is 10.1 Å². The molecule has 1 saturated carbocycles. The smallest absolute Gasteiger partial charge is 0.125 e. The summed E-state index contributed by atoms with van der Waals surface area (Å²) in [5.74, 6) is 1.49. The molecule has 3 heteroatoms. The molecule has 1 heterocycles. The van der Waals surface area contributed by atoms with Crippen LogP contribution in [0.2, 0.25) is 0 Å². The van der Waals surface area contributed by atoms with E-state index in [4.69, 9.17) is 4.74 Å². The van der Waals surface area contributed by atoms with Crippen molar-refractivity contribution < 1.29 is 9.13 Å². The number of benzene rings is 1. The van der Waals surface area contributed by atoms with Crippen molar-refractivity contribution in [1.82, 2.24) is 5.32 Å². The molecule has 0 radical (unpaired) electrons. The highest BCUT2D eigenvalue weighted by molar-refractivity contribution is 5.39. The van der Waals surface area contributed by atoms with E-state index in [0.717, 1.165) is 49.5 Å². The minimum atomic E-state index is -0.172. The first kappa shape index (κ1) is 14.8. The van der Waals surface area contributed by atoms with Crippen molar-refractivity contribution in [2.75, 3.05) is 6.54 Å². The Kier molecular flexibility index (Phi) is 4.21. The largest absolute Gasteiger partial charge is 0.487 e. The predicted octanol–water partition coefficient (Wildman–Crippen LogP) is 4.60. The second kappa shape index (κ2) is 5.96. The summed E-state index contributed by atoms with van der Waals surface area (Å²) >= 11 is 0. The molecular weight excluding hydrogens is 265 g/mol. The molecule has 1 spiro atoms. The van der Waals surface area contributed by atoms with E-state index < -0.39 is 0 Å². The van der Waals surface area contributed by atoms with E-state index in [1.54, 1.807) is 6.07 Å². The quantitative estimate of drug-likeness (QED) is 0.875. The van der Waals surface area contributed by atoms with E-state index in [0.29, 0.717) is 0 Å². The average Bonchev–Trinajstić information content (AvgIpc) is 2.88. The van der Waals surface area contributed by atoms with E-state index in [1.165, 1.54) is 18.9 Å². The van der Waals surface area contributed by atoms with Crippen molar-refractivity contribution in [2.45, 2.75) is 64.0 Å². The Morgan fingerprint density at radius 2 is 2.19 bits per heavy atom. The first-order valence-electron chi connectivity index (χ1n) is 8.37. The number of fused-ring (bicyclic) bond motifs is 1. The molecule has 1 aliphatic heterocycles. The van der Waals surface area contributed by atoms with E-state index in [-0.39, 0.29) is 17.5 Å². The second-order valence-electron chi connectivity index (χ2n) is 6.70. The Hall–Kier alpha value is -1.09. The Balaban J connectivity index is 1.88. The molecule has 1 aromatic carbocycles. The molecule has 21 heavy (non-hydrogen) atoms. The van der Waals surface area contributed by atoms with Gasteiger partial charge in [-0.05, 0) is 56.3 Å². The van der Waals surface area contributed by atoms with Gasteiger partial charge in [-0.3, -0.25) is 0 Å². The third-order valence-electron chi connectivity index (χ3n) is 5.14. The van der Waals surface area contributed by atoms with Crippen LogP contribution in [-0.4, -0.2) is 12.1 Å². The normalized spacial score (nSPS) is 31.2. The minimum Gasteiger partial charge on any atom is -0.487 e. The maximum atomic E-state index is 13.6. The van der Waals surface area contributed by atoms with E-state index in [9.17, 15) is 4.39 Å². The van der Waals surface area contributed by atoms with Crippen molar-refractivity contribution in [3.05, 3.63) is 29.6 Å². The van der Waals surface area contributed by atoms with Gasteiger partial charge in [0.15, 0.2) is 0 Å². The first-order chi connectivity index (χ1) is 10.2. The molecule has 116 valence electrons. The van der Waals surface area contributed by atoms with Gasteiger partial charge in [-0.15, -0.1) is 0 Å². The van der Waals surface area contributed by atoms with Gasteiger partial charge < -0.3 is 10.1 Å². The van der Waals surface area contributed by atoms with Crippen LogP contribution in [0.25, 0.3) is 0 Å². The summed E-state index contributed by atoms with van der Waals surface area (Å²) in [5, 5.41) is 3.59. The fourth-order valence-corrected chi connectivity index (χ4v) is 3.97. The summed E-state index contributed by atoms with van der Waals surface area (Å²) in [6, 6.07) is 5.19. The van der Waals surface area contributed by atoms with Gasteiger partial charge in [0.05, 0.1) is 0 Å². The Bertz CT molecular complexity index is 504. The SMILES string of the molecule is CCCNC1CC2(CCC(CC)C2)Oc2ccc(F)cc21. The van der Waals surface area contributed by atoms with Gasteiger partial charge in [0.25, 0.3) is 0 Å². The molecular formula is C18H26FNO. The number of hydrogen-bond acceptors (Lipinski definition) is 2. The van der Waals surface area contributed by atoms with Gasteiger partial charge in [0.1, 0.15) is 17.2 Å². The molecule has 3 rings (SSSR count). The number of ether oxygens (including phenoxy) is 1. The summed E-state index contributed by atoms with van der Waals surface area (Å²) in [6.07, 6.45) is 6.83. The fraction of sp³-hybridized carbons (Fsp3) is 0.667.